The molecular weight excluding hydrogens is 324 g/mol. The van der Waals surface area contributed by atoms with Crippen LogP contribution in [0, 0.1) is 0 Å². The molecule has 3 rings (SSSR count). The van der Waals surface area contributed by atoms with Crippen LogP contribution in [0.3, 0.4) is 0 Å². The number of ether oxygens (including phenoxy) is 1. The van der Waals surface area contributed by atoms with Crippen LogP contribution in [0.1, 0.15) is 46.4 Å². The van der Waals surface area contributed by atoms with Crippen molar-refractivity contribution >= 4 is 18.3 Å². The lowest BCUT2D eigenvalue weighted by Crippen LogP contribution is -2.28. The molecule has 0 aliphatic carbocycles. The number of amides is 1. The molecule has 0 saturated carbocycles. The summed E-state index contributed by atoms with van der Waals surface area (Å²) >= 11 is 0. The molecule has 1 unspecified atom stereocenters. The number of carbonyl (C=O) groups excluding carboxylic acids is 1. The van der Waals surface area contributed by atoms with Crippen molar-refractivity contribution in [1.82, 2.24) is 10.6 Å². The van der Waals surface area contributed by atoms with E-state index in [-0.39, 0.29) is 24.4 Å². The Hall–Kier alpha value is -2.04. The second-order valence-electron chi connectivity index (χ2n) is 5.79. The first kappa shape index (κ1) is 18.3. The first-order valence-corrected chi connectivity index (χ1v) is 7.98. The molecule has 1 aliphatic rings. The van der Waals surface area contributed by atoms with Crippen molar-refractivity contribution in [2.75, 3.05) is 7.11 Å². The van der Waals surface area contributed by atoms with Crippen molar-refractivity contribution in [3.63, 3.8) is 0 Å². The third kappa shape index (κ3) is 3.89. The fourth-order valence-corrected chi connectivity index (χ4v) is 2.93. The van der Waals surface area contributed by atoms with Crippen LogP contribution in [0.25, 0.3) is 0 Å². The van der Waals surface area contributed by atoms with Gasteiger partial charge >= 0.3 is 0 Å². The molecule has 4 nitrogen and oxygen atoms in total. The van der Waals surface area contributed by atoms with E-state index >= 15 is 0 Å². The number of hydrogen-bond acceptors (Lipinski definition) is 3. The van der Waals surface area contributed by atoms with Crippen molar-refractivity contribution in [3.05, 3.63) is 64.7 Å². The molecule has 2 aromatic rings. The predicted octanol–water partition coefficient (Wildman–Crippen LogP) is 3.60. The zero-order valence-electron chi connectivity index (χ0n) is 14.0. The molecular formula is C19H23ClN2O2. The summed E-state index contributed by atoms with van der Waals surface area (Å²) in [5, 5.41) is 6.43. The van der Waals surface area contributed by atoms with Crippen LogP contribution in [0.4, 0.5) is 0 Å². The number of fused-ring (bicyclic) bond motifs is 1. The minimum atomic E-state index is -0.0256. The average molecular weight is 347 g/mol. The lowest BCUT2D eigenvalue weighted by atomic mass is 10.0. The summed E-state index contributed by atoms with van der Waals surface area (Å²) in [5.41, 5.74) is 4.31. The van der Waals surface area contributed by atoms with E-state index in [1.165, 1.54) is 11.1 Å². The predicted molar refractivity (Wildman–Crippen MR) is 97.7 cm³/mol. The molecule has 128 valence electrons. The van der Waals surface area contributed by atoms with Crippen LogP contribution >= 0.6 is 12.4 Å². The Morgan fingerprint density at radius 2 is 1.88 bits per heavy atom. The normalized spacial score (nSPS) is 13.6. The standard InChI is InChI=1S/C19H22N2O2.ClH/c1-3-18(13-6-8-17(23-2)9-7-13)21-19(22)14-4-5-15-11-20-12-16(15)10-14;/h4-10,18,20H,3,11-12H2,1-2H3,(H,21,22);1H. The van der Waals surface area contributed by atoms with Gasteiger partial charge in [0.2, 0.25) is 0 Å². The van der Waals surface area contributed by atoms with Gasteiger partial charge in [-0.25, -0.2) is 0 Å². The Bertz CT molecular complexity index is 701. The number of carbonyl (C=O) groups is 1. The molecule has 0 radical (unpaired) electrons. The molecule has 0 fully saturated rings. The maximum absolute atomic E-state index is 12.6. The van der Waals surface area contributed by atoms with E-state index in [0.717, 1.165) is 36.4 Å². The van der Waals surface area contributed by atoms with Crippen LogP contribution in [-0.4, -0.2) is 13.0 Å². The van der Waals surface area contributed by atoms with E-state index in [2.05, 4.69) is 17.6 Å². The zero-order valence-corrected chi connectivity index (χ0v) is 14.8. The first-order valence-electron chi connectivity index (χ1n) is 7.98. The highest BCUT2D eigenvalue weighted by molar-refractivity contribution is 5.94. The number of methoxy groups -OCH3 is 1. The summed E-state index contributed by atoms with van der Waals surface area (Å²) in [5.74, 6) is 0.795. The third-order valence-corrected chi connectivity index (χ3v) is 4.33. The van der Waals surface area contributed by atoms with Gasteiger partial charge in [0.25, 0.3) is 5.91 Å². The molecule has 5 heteroatoms. The molecule has 0 bridgehead atoms. The molecule has 2 N–H and O–H groups in total. The number of nitrogens with one attached hydrogen (secondary N) is 2. The van der Waals surface area contributed by atoms with Gasteiger partial charge in [-0.3, -0.25) is 4.79 Å². The van der Waals surface area contributed by atoms with Gasteiger partial charge in [-0.2, -0.15) is 0 Å². The molecule has 0 spiro atoms. The van der Waals surface area contributed by atoms with Gasteiger partial charge in [-0.15, -0.1) is 12.4 Å². The van der Waals surface area contributed by atoms with Gasteiger partial charge in [0.1, 0.15) is 5.75 Å². The van der Waals surface area contributed by atoms with Crippen LogP contribution in [0.2, 0.25) is 0 Å². The van der Waals surface area contributed by atoms with E-state index in [9.17, 15) is 4.79 Å². The molecule has 1 amide bonds. The molecule has 1 aliphatic heterocycles. The lowest BCUT2D eigenvalue weighted by molar-refractivity contribution is 0.0935. The summed E-state index contributed by atoms with van der Waals surface area (Å²) in [6.45, 7) is 3.80. The number of halogens is 1. The smallest absolute Gasteiger partial charge is 0.251 e. The van der Waals surface area contributed by atoms with Gasteiger partial charge < -0.3 is 15.4 Å². The number of rotatable bonds is 5. The highest BCUT2D eigenvalue weighted by atomic mass is 35.5. The van der Waals surface area contributed by atoms with Gasteiger partial charge in [-0.1, -0.05) is 25.1 Å². The topological polar surface area (TPSA) is 50.4 Å². The Kier molecular flexibility index (Phi) is 6.23. The number of benzene rings is 2. The zero-order chi connectivity index (χ0) is 16.2. The lowest BCUT2D eigenvalue weighted by Gasteiger charge is -2.18. The molecule has 1 heterocycles. The minimum Gasteiger partial charge on any atom is -0.497 e. The van der Waals surface area contributed by atoms with E-state index in [0.29, 0.717) is 0 Å². The first-order chi connectivity index (χ1) is 11.2. The average Bonchev–Trinajstić information content (AvgIpc) is 3.07. The SMILES string of the molecule is CCC(NC(=O)c1ccc2c(c1)CNC2)c1ccc(OC)cc1.Cl. The quantitative estimate of drug-likeness (QED) is 0.869. The Balaban J connectivity index is 0.00000208. The maximum Gasteiger partial charge on any atom is 0.251 e. The van der Waals surface area contributed by atoms with Gasteiger partial charge in [0.05, 0.1) is 13.2 Å². The van der Waals surface area contributed by atoms with Gasteiger partial charge in [0.15, 0.2) is 0 Å². The molecule has 0 saturated heterocycles. The van der Waals surface area contributed by atoms with Crippen LogP contribution in [0.15, 0.2) is 42.5 Å². The van der Waals surface area contributed by atoms with Crippen LogP contribution < -0.4 is 15.4 Å². The molecule has 2 aromatic carbocycles. The van der Waals surface area contributed by atoms with E-state index < -0.39 is 0 Å². The van der Waals surface area contributed by atoms with Gasteiger partial charge in [-0.05, 0) is 47.4 Å². The summed E-state index contributed by atoms with van der Waals surface area (Å²) in [7, 11) is 1.65. The molecule has 24 heavy (non-hydrogen) atoms. The van der Waals surface area contributed by atoms with Crippen LogP contribution in [-0.2, 0) is 13.1 Å². The summed E-state index contributed by atoms with van der Waals surface area (Å²) < 4.78 is 5.18. The Morgan fingerprint density at radius 1 is 1.17 bits per heavy atom. The summed E-state index contributed by atoms with van der Waals surface area (Å²) in [6, 6.07) is 13.8. The van der Waals surface area contributed by atoms with Crippen molar-refractivity contribution in [3.8, 4) is 5.75 Å². The molecule has 1 atom stereocenters. The fourth-order valence-electron chi connectivity index (χ4n) is 2.93. The minimum absolute atomic E-state index is 0. The van der Waals surface area contributed by atoms with Gasteiger partial charge in [0, 0.05) is 18.7 Å². The monoisotopic (exact) mass is 346 g/mol. The summed E-state index contributed by atoms with van der Waals surface area (Å²) in [6.07, 6.45) is 0.838. The maximum atomic E-state index is 12.6. The summed E-state index contributed by atoms with van der Waals surface area (Å²) in [4.78, 5) is 12.6. The van der Waals surface area contributed by atoms with E-state index in [1.54, 1.807) is 7.11 Å². The second kappa shape index (κ2) is 8.18. The van der Waals surface area contributed by atoms with Crippen molar-refractivity contribution < 1.29 is 9.53 Å². The van der Waals surface area contributed by atoms with Crippen molar-refractivity contribution in [2.45, 2.75) is 32.5 Å². The molecule has 0 aromatic heterocycles. The highest BCUT2D eigenvalue weighted by Crippen LogP contribution is 2.22. The van der Waals surface area contributed by atoms with E-state index in [1.807, 2.05) is 42.5 Å². The third-order valence-electron chi connectivity index (χ3n) is 4.33. The highest BCUT2D eigenvalue weighted by Gasteiger charge is 2.17. The van der Waals surface area contributed by atoms with E-state index in [4.69, 9.17) is 4.74 Å². The Morgan fingerprint density at radius 3 is 2.54 bits per heavy atom. The largest absolute Gasteiger partial charge is 0.497 e. The van der Waals surface area contributed by atoms with Crippen LogP contribution in [0.5, 0.6) is 5.75 Å². The Labute approximate surface area is 149 Å². The fraction of sp³-hybridized carbons (Fsp3) is 0.316. The van der Waals surface area contributed by atoms with Crippen molar-refractivity contribution in [1.29, 1.82) is 0 Å². The second-order valence-corrected chi connectivity index (χ2v) is 5.79. The number of hydrogen-bond donors (Lipinski definition) is 2. The van der Waals surface area contributed by atoms with Crippen molar-refractivity contribution in [2.24, 2.45) is 0 Å².